The van der Waals surface area contributed by atoms with E-state index in [1.54, 1.807) is 11.3 Å². The number of carbonyl (C=O) groups is 2. The average molecular weight is 383 g/mol. The van der Waals surface area contributed by atoms with Gasteiger partial charge in [0.15, 0.2) is 0 Å². The van der Waals surface area contributed by atoms with Gasteiger partial charge < -0.3 is 10.6 Å². The van der Waals surface area contributed by atoms with Crippen molar-refractivity contribution in [2.45, 2.75) is 32.6 Å². The van der Waals surface area contributed by atoms with Gasteiger partial charge in [0.25, 0.3) is 0 Å². The molecule has 2 aliphatic rings. The van der Waals surface area contributed by atoms with Crippen LogP contribution in [0.1, 0.15) is 31.7 Å². The second kappa shape index (κ2) is 7.12. The summed E-state index contributed by atoms with van der Waals surface area (Å²) in [5.74, 6) is 0.547. The predicted molar refractivity (Wildman–Crippen MR) is 108 cm³/mol. The maximum absolute atomic E-state index is 12.7. The molecule has 1 aromatic carbocycles. The van der Waals surface area contributed by atoms with Crippen LogP contribution in [0.4, 0.5) is 0 Å². The van der Waals surface area contributed by atoms with E-state index >= 15 is 0 Å². The first kappa shape index (κ1) is 18.2. The quantitative estimate of drug-likeness (QED) is 0.857. The molecule has 1 saturated heterocycles. The molecule has 4 rings (SSSR count). The molecule has 2 amide bonds. The Labute approximate surface area is 164 Å². The van der Waals surface area contributed by atoms with Gasteiger partial charge in [-0.05, 0) is 54.2 Å². The van der Waals surface area contributed by atoms with Crippen LogP contribution in [0.5, 0.6) is 0 Å². The van der Waals surface area contributed by atoms with Crippen molar-refractivity contribution >= 4 is 23.2 Å². The van der Waals surface area contributed by atoms with E-state index in [4.69, 9.17) is 5.73 Å². The highest BCUT2D eigenvalue weighted by molar-refractivity contribution is 7.13. The standard InChI is InChI=1S/C22H26N2O2S/c1-15-11-18(15)20(25)24-9-4-8-22(14-24,21(23)26)13-16-5-2-6-17(12-16)19-7-3-10-27-19/h2-3,5-7,10,12,15,18H,4,8-9,11,13-14H2,1H3,(H2,23,26)/t15-,18+,22-/m1/s1. The van der Waals surface area contributed by atoms with E-state index < -0.39 is 5.41 Å². The lowest BCUT2D eigenvalue weighted by Gasteiger charge is -2.41. The SMILES string of the molecule is C[C@@H]1C[C@@H]1C(=O)N1CCC[C@](Cc2cccc(-c3cccs3)c2)(C(N)=O)C1. The van der Waals surface area contributed by atoms with E-state index in [-0.39, 0.29) is 17.7 Å². The molecule has 0 unspecified atom stereocenters. The Morgan fingerprint density at radius 2 is 2.11 bits per heavy atom. The minimum Gasteiger partial charge on any atom is -0.369 e. The zero-order chi connectivity index (χ0) is 19.0. The minimum atomic E-state index is -0.667. The summed E-state index contributed by atoms with van der Waals surface area (Å²) in [6.45, 7) is 3.31. The molecule has 3 atom stereocenters. The molecular formula is C22H26N2O2S. The predicted octanol–water partition coefficient (Wildman–Crippen LogP) is 3.71. The van der Waals surface area contributed by atoms with Crippen molar-refractivity contribution in [2.24, 2.45) is 23.0 Å². The lowest BCUT2D eigenvalue weighted by Crippen LogP contribution is -2.53. The highest BCUT2D eigenvalue weighted by atomic mass is 32.1. The number of carbonyl (C=O) groups excluding carboxylic acids is 2. The van der Waals surface area contributed by atoms with E-state index in [1.165, 1.54) is 4.88 Å². The Morgan fingerprint density at radius 3 is 2.78 bits per heavy atom. The van der Waals surface area contributed by atoms with Gasteiger partial charge in [-0.2, -0.15) is 0 Å². The molecule has 5 heteroatoms. The van der Waals surface area contributed by atoms with E-state index in [9.17, 15) is 9.59 Å². The number of hydrogen-bond donors (Lipinski definition) is 1. The zero-order valence-electron chi connectivity index (χ0n) is 15.7. The summed E-state index contributed by atoms with van der Waals surface area (Å²) in [5, 5.41) is 2.07. The Balaban J connectivity index is 1.56. The number of likely N-dealkylation sites (tertiary alicyclic amines) is 1. The van der Waals surface area contributed by atoms with E-state index in [1.807, 2.05) is 17.0 Å². The van der Waals surface area contributed by atoms with Crippen LogP contribution in [0.3, 0.4) is 0 Å². The van der Waals surface area contributed by atoms with Crippen LogP contribution in [0.15, 0.2) is 41.8 Å². The molecule has 0 spiro atoms. The third-order valence-electron chi connectivity index (χ3n) is 6.11. The lowest BCUT2D eigenvalue weighted by molar-refractivity contribution is -0.141. The van der Waals surface area contributed by atoms with Gasteiger partial charge in [-0.25, -0.2) is 0 Å². The number of rotatable bonds is 5. The van der Waals surface area contributed by atoms with E-state index in [0.29, 0.717) is 18.9 Å². The van der Waals surface area contributed by atoms with Crippen LogP contribution in [0, 0.1) is 17.3 Å². The summed E-state index contributed by atoms with van der Waals surface area (Å²) in [4.78, 5) is 28.3. The Morgan fingerprint density at radius 1 is 1.30 bits per heavy atom. The summed E-state index contributed by atoms with van der Waals surface area (Å²) in [6, 6.07) is 12.5. The molecule has 1 aliphatic carbocycles. The highest BCUT2D eigenvalue weighted by Gasteiger charge is 2.47. The van der Waals surface area contributed by atoms with Crippen LogP contribution in [0.2, 0.25) is 0 Å². The van der Waals surface area contributed by atoms with Gasteiger partial charge in [0.2, 0.25) is 11.8 Å². The number of primary amides is 1. The molecular weight excluding hydrogens is 356 g/mol. The Bertz CT molecular complexity index is 848. The third-order valence-corrected chi connectivity index (χ3v) is 7.03. The van der Waals surface area contributed by atoms with Crippen molar-refractivity contribution in [1.82, 2.24) is 4.90 Å². The van der Waals surface area contributed by atoms with Crippen LogP contribution in [-0.2, 0) is 16.0 Å². The zero-order valence-corrected chi connectivity index (χ0v) is 16.5. The molecule has 2 aromatic rings. The van der Waals surface area contributed by atoms with Crippen molar-refractivity contribution in [3.63, 3.8) is 0 Å². The number of nitrogens with zero attached hydrogens (tertiary/aromatic N) is 1. The molecule has 2 N–H and O–H groups in total. The number of benzene rings is 1. The lowest BCUT2D eigenvalue weighted by atomic mass is 9.74. The van der Waals surface area contributed by atoms with Gasteiger partial charge in [-0.3, -0.25) is 9.59 Å². The van der Waals surface area contributed by atoms with Gasteiger partial charge in [0, 0.05) is 23.9 Å². The van der Waals surface area contributed by atoms with Crippen molar-refractivity contribution in [1.29, 1.82) is 0 Å². The number of nitrogens with two attached hydrogens (primary N) is 1. The third kappa shape index (κ3) is 3.65. The molecule has 27 heavy (non-hydrogen) atoms. The highest BCUT2D eigenvalue weighted by Crippen LogP contribution is 2.42. The van der Waals surface area contributed by atoms with Gasteiger partial charge in [-0.1, -0.05) is 37.3 Å². The molecule has 1 aliphatic heterocycles. The molecule has 2 fully saturated rings. The fourth-order valence-corrected chi connectivity index (χ4v) is 5.05. The maximum Gasteiger partial charge on any atom is 0.225 e. The van der Waals surface area contributed by atoms with Crippen LogP contribution < -0.4 is 5.73 Å². The van der Waals surface area contributed by atoms with E-state index in [2.05, 4.69) is 36.6 Å². The van der Waals surface area contributed by atoms with Crippen LogP contribution in [0.25, 0.3) is 10.4 Å². The number of piperidine rings is 1. The van der Waals surface area contributed by atoms with Crippen LogP contribution in [-0.4, -0.2) is 29.8 Å². The fraction of sp³-hybridized carbons (Fsp3) is 0.455. The van der Waals surface area contributed by atoms with Gasteiger partial charge in [0.1, 0.15) is 0 Å². The molecule has 142 valence electrons. The minimum absolute atomic E-state index is 0.149. The molecule has 1 aromatic heterocycles. The summed E-state index contributed by atoms with van der Waals surface area (Å²) < 4.78 is 0. The molecule has 2 heterocycles. The summed E-state index contributed by atoms with van der Waals surface area (Å²) >= 11 is 1.71. The maximum atomic E-state index is 12.7. The average Bonchev–Trinajstić information content (AvgIpc) is 3.16. The largest absolute Gasteiger partial charge is 0.369 e. The normalized spacial score (nSPS) is 27.4. The van der Waals surface area contributed by atoms with Gasteiger partial charge in [-0.15, -0.1) is 11.3 Å². The first-order valence-corrected chi connectivity index (χ1v) is 10.6. The second-order valence-corrected chi connectivity index (χ2v) is 9.13. The second-order valence-electron chi connectivity index (χ2n) is 8.18. The van der Waals surface area contributed by atoms with Crippen LogP contribution >= 0.6 is 11.3 Å². The van der Waals surface area contributed by atoms with E-state index in [0.717, 1.165) is 36.9 Å². The Hall–Kier alpha value is -2.14. The Kier molecular flexibility index (Phi) is 4.81. The first-order valence-electron chi connectivity index (χ1n) is 9.70. The fourth-order valence-electron chi connectivity index (χ4n) is 4.32. The van der Waals surface area contributed by atoms with Gasteiger partial charge >= 0.3 is 0 Å². The molecule has 1 saturated carbocycles. The number of thiophene rings is 1. The molecule has 4 nitrogen and oxygen atoms in total. The van der Waals surface area contributed by atoms with Crippen molar-refractivity contribution in [2.75, 3.05) is 13.1 Å². The molecule has 0 bridgehead atoms. The van der Waals surface area contributed by atoms with Crippen molar-refractivity contribution in [3.8, 4) is 10.4 Å². The smallest absolute Gasteiger partial charge is 0.225 e. The summed E-state index contributed by atoms with van der Waals surface area (Å²) in [5.41, 5.74) is 7.49. The number of hydrogen-bond acceptors (Lipinski definition) is 3. The monoisotopic (exact) mass is 382 g/mol. The van der Waals surface area contributed by atoms with Crippen molar-refractivity contribution in [3.05, 3.63) is 47.3 Å². The summed E-state index contributed by atoms with van der Waals surface area (Å²) in [6.07, 6.45) is 3.14. The molecule has 0 radical (unpaired) electrons. The topological polar surface area (TPSA) is 63.4 Å². The summed E-state index contributed by atoms with van der Waals surface area (Å²) in [7, 11) is 0. The first-order chi connectivity index (χ1) is 13.0. The van der Waals surface area contributed by atoms with Crippen molar-refractivity contribution < 1.29 is 9.59 Å². The number of amides is 2. The van der Waals surface area contributed by atoms with Gasteiger partial charge in [0.05, 0.1) is 5.41 Å².